The van der Waals surface area contributed by atoms with Gasteiger partial charge in [-0.25, -0.2) is 15.8 Å². The third-order valence-electron chi connectivity index (χ3n) is 3.86. The second kappa shape index (κ2) is 5.52. The fourth-order valence-corrected chi connectivity index (χ4v) is 2.62. The number of rotatable bonds is 3. The van der Waals surface area contributed by atoms with Gasteiger partial charge < -0.3 is 10.3 Å². The van der Waals surface area contributed by atoms with E-state index in [2.05, 4.69) is 27.2 Å². The Morgan fingerprint density at radius 2 is 1.94 bits per heavy atom. The molecule has 5 heteroatoms. The van der Waals surface area contributed by atoms with Crippen LogP contribution in [0.1, 0.15) is 37.6 Å². The number of aromatic nitrogens is 2. The summed E-state index contributed by atoms with van der Waals surface area (Å²) in [5.74, 6) is 8.90. The van der Waals surface area contributed by atoms with Crippen LogP contribution in [0, 0.1) is 19.8 Å². The molecule has 0 amide bonds. The molecule has 0 aliphatic carbocycles. The molecule has 0 unspecified atom stereocenters. The number of nitrogens with zero attached hydrogens (tertiary/aromatic N) is 3. The highest BCUT2D eigenvalue weighted by atomic mass is 15.3. The van der Waals surface area contributed by atoms with Crippen molar-refractivity contribution in [2.45, 2.75) is 40.0 Å². The first-order chi connectivity index (χ1) is 8.65. The van der Waals surface area contributed by atoms with Gasteiger partial charge in [-0.3, -0.25) is 0 Å². The molecule has 1 aliphatic heterocycles. The molecule has 5 nitrogen and oxygen atoms in total. The number of nitrogens with one attached hydrogen (secondary N) is 1. The predicted octanol–water partition coefficient (Wildman–Crippen LogP) is 2.01. The summed E-state index contributed by atoms with van der Waals surface area (Å²) in [7, 11) is 0. The lowest BCUT2D eigenvalue weighted by Crippen LogP contribution is -2.35. The van der Waals surface area contributed by atoms with Crippen LogP contribution in [0.4, 0.5) is 11.6 Å². The van der Waals surface area contributed by atoms with E-state index < -0.39 is 0 Å². The number of hydrogen-bond acceptors (Lipinski definition) is 5. The van der Waals surface area contributed by atoms with Crippen LogP contribution < -0.4 is 16.2 Å². The molecule has 0 spiro atoms. The van der Waals surface area contributed by atoms with E-state index in [1.54, 1.807) is 0 Å². The van der Waals surface area contributed by atoms with E-state index in [1.807, 2.05) is 13.8 Å². The highest BCUT2D eigenvalue weighted by molar-refractivity contribution is 5.58. The molecule has 0 radical (unpaired) electrons. The maximum Gasteiger partial charge on any atom is 0.148 e. The van der Waals surface area contributed by atoms with Gasteiger partial charge in [0.05, 0.1) is 0 Å². The molecule has 0 aromatic carbocycles. The van der Waals surface area contributed by atoms with Gasteiger partial charge in [-0.1, -0.05) is 13.3 Å². The van der Waals surface area contributed by atoms with Crippen molar-refractivity contribution >= 4 is 11.6 Å². The van der Waals surface area contributed by atoms with Crippen molar-refractivity contribution in [2.24, 2.45) is 11.8 Å². The molecular formula is C13H23N5. The summed E-state index contributed by atoms with van der Waals surface area (Å²) in [6.45, 7) is 8.37. The zero-order chi connectivity index (χ0) is 13.1. The average Bonchev–Trinajstić information content (AvgIpc) is 2.41. The Bertz CT molecular complexity index is 410. The molecule has 1 aromatic rings. The number of nitrogen functional groups attached to an aromatic ring is 1. The van der Waals surface area contributed by atoms with Crippen molar-refractivity contribution < 1.29 is 0 Å². The minimum Gasteiger partial charge on any atom is -0.356 e. The Kier molecular flexibility index (Phi) is 4.01. The highest BCUT2D eigenvalue weighted by Crippen LogP contribution is 2.28. The van der Waals surface area contributed by atoms with Crippen LogP contribution in [0.5, 0.6) is 0 Å². The molecule has 18 heavy (non-hydrogen) atoms. The standard InChI is InChI=1S/C13H23N5/c1-4-11-5-7-18(8-6-11)13-9(2)12(17-14)15-10(3)16-13/h11H,4-8,14H2,1-3H3,(H,15,16,17). The Balaban J connectivity index is 2.21. The molecule has 1 saturated heterocycles. The van der Waals surface area contributed by atoms with Gasteiger partial charge in [-0.15, -0.1) is 0 Å². The van der Waals surface area contributed by atoms with E-state index in [9.17, 15) is 0 Å². The highest BCUT2D eigenvalue weighted by Gasteiger charge is 2.21. The Morgan fingerprint density at radius 3 is 2.50 bits per heavy atom. The first kappa shape index (κ1) is 13.1. The van der Waals surface area contributed by atoms with Gasteiger partial charge in [0.1, 0.15) is 17.5 Å². The van der Waals surface area contributed by atoms with Gasteiger partial charge in [0.25, 0.3) is 0 Å². The maximum atomic E-state index is 5.50. The molecule has 1 aliphatic rings. The second-order valence-electron chi connectivity index (χ2n) is 5.05. The van der Waals surface area contributed by atoms with Crippen molar-refractivity contribution in [2.75, 3.05) is 23.4 Å². The number of anilines is 2. The largest absolute Gasteiger partial charge is 0.356 e. The van der Waals surface area contributed by atoms with E-state index in [0.29, 0.717) is 0 Å². The summed E-state index contributed by atoms with van der Waals surface area (Å²) in [6.07, 6.45) is 3.79. The van der Waals surface area contributed by atoms with Gasteiger partial charge in [0.15, 0.2) is 0 Å². The first-order valence-electron chi connectivity index (χ1n) is 6.72. The lowest BCUT2D eigenvalue weighted by atomic mass is 9.94. The van der Waals surface area contributed by atoms with Crippen molar-refractivity contribution in [3.8, 4) is 0 Å². The number of aryl methyl sites for hydroxylation is 1. The molecule has 1 fully saturated rings. The lowest BCUT2D eigenvalue weighted by molar-refractivity contribution is 0.393. The van der Waals surface area contributed by atoms with E-state index >= 15 is 0 Å². The van der Waals surface area contributed by atoms with Crippen LogP contribution in [0.2, 0.25) is 0 Å². The first-order valence-corrected chi connectivity index (χ1v) is 6.72. The van der Waals surface area contributed by atoms with Crippen LogP contribution in [0.3, 0.4) is 0 Å². The van der Waals surface area contributed by atoms with Crippen molar-refractivity contribution in [1.82, 2.24) is 9.97 Å². The molecule has 3 N–H and O–H groups in total. The monoisotopic (exact) mass is 249 g/mol. The minimum atomic E-state index is 0.732. The normalized spacial score (nSPS) is 17.0. The van der Waals surface area contributed by atoms with Gasteiger partial charge in [0, 0.05) is 18.7 Å². The number of hydrazine groups is 1. The number of hydrogen-bond donors (Lipinski definition) is 2. The summed E-state index contributed by atoms with van der Waals surface area (Å²) < 4.78 is 0. The molecular weight excluding hydrogens is 226 g/mol. The topological polar surface area (TPSA) is 67.1 Å². The lowest BCUT2D eigenvalue weighted by Gasteiger charge is -2.33. The number of nitrogens with two attached hydrogens (primary N) is 1. The molecule has 0 saturated carbocycles. The van der Waals surface area contributed by atoms with Crippen LogP contribution in [-0.4, -0.2) is 23.1 Å². The zero-order valence-corrected chi connectivity index (χ0v) is 11.5. The van der Waals surface area contributed by atoms with Crippen molar-refractivity contribution in [3.05, 3.63) is 11.4 Å². The van der Waals surface area contributed by atoms with Gasteiger partial charge in [-0.05, 0) is 32.6 Å². The van der Waals surface area contributed by atoms with Crippen LogP contribution >= 0.6 is 0 Å². The summed E-state index contributed by atoms with van der Waals surface area (Å²) >= 11 is 0. The summed E-state index contributed by atoms with van der Waals surface area (Å²) in [5.41, 5.74) is 3.70. The van der Waals surface area contributed by atoms with Crippen LogP contribution in [0.15, 0.2) is 0 Å². The zero-order valence-electron chi connectivity index (χ0n) is 11.5. The third kappa shape index (κ3) is 2.56. The maximum absolute atomic E-state index is 5.50. The Morgan fingerprint density at radius 1 is 1.28 bits per heavy atom. The smallest absolute Gasteiger partial charge is 0.148 e. The summed E-state index contributed by atoms with van der Waals surface area (Å²) in [5, 5.41) is 0. The van der Waals surface area contributed by atoms with E-state index in [0.717, 1.165) is 42.0 Å². The molecule has 2 heterocycles. The predicted molar refractivity (Wildman–Crippen MR) is 74.5 cm³/mol. The van der Waals surface area contributed by atoms with Crippen LogP contribution in [-0.2, 0) is 0 Å². The van der Waals surface area contributed by atoms with E-state index in [4.69, 9.17) is 5.84 Å². The quantitative estimate of drug-likeness (QED) is 0.633. The van der Waals surface area contributed by atoms with Gasteiger partial charge in [0.2, 0.25) is 0 Å². The fourth-order valence-electron chi connectivity index (χ4n) is 2.62. The van der Waals surface area contributed by atoms with Gasteiger partial charge >= 0.3 is 0 Å². The Labute approximate surface area is 109 Å². The van der Waals surface area contributed by atoms with Crippen molar-refractivity contribution in [3.63, 3.8) is 0 Å². The number of piperidine rings is 1. The summed E-state index contributed by atoms with van der Waals surface area (Å²) in [6, 6.07) is 0. The van der Waals surface area contributed by atoms with E-state index in [1.165, 1.54) is 19.3 Å². The molecule has 100 valence electrons. The van der Waals surface area contributed by atoms with Crippen LogP contribution in [0.25, 0.3) is 0 Å². The molecule has 1 aromatic heterocycles. The third-order valence-corrected chi connectivity index (χ3v) is 3.86. The average molecular weight is 249 g/mol. The second-order valence-corrected chi connectivity index (χ2v) is 5.05. The summed E-state index contributed by atoms with van der Waals surface area (Å²) in [4.78, 5) is 11.2. The van der Waals surface area contributed by atoms with Gasteiger partial charge in [-0.2, -0.15) is 0 Å². The Hall–Kier alpha value is -1.36. The SMILES string of the molecule is CCC1CCN(c2nc(C)nc(NN)c2C)CC1. The minimum absolute atomic E-state index is 0.732. The van der Waals surface area contributed by atoms with E-state index in [-0.39, 0.29) is 0 Å². The fraction of sp³-hybridized carbons (Fsp3) is 0.692. The molecule has 0 bridgehead atoms. The van der Waals surface area contributed by atoms with Crippen molar-refractivity contribution in [1.29, 1.82) is 0 Å². The molecule has 0 atom stereocenters. The molecule has 2 rings (SSSR count).